The summed E-state index contributed by atoms with van der Waals surface area (Å²) in [6.07, 6.45) is 19.8. The highest BCUT2D eigenvalue weighted by molar-refractivity contribution is 6.16. The Morgan fingerprint density at radius 1 is 0.446 bits per heavy atom. The second-order valence-electron chi connectivity index (χ2n) is 20.6. The summed E-state index contributed by atoms with van der Waals surface area (Å²) in [5.74, 6) is -0.0114. The Labute approximate surface area is 446 Å². The third kappa shape index (κ3) is 8.25. The molecule has 13 rings (SSSR count). The van der Waals surface area contributed by atoms with Crippen LogP contribution in [0.2, 0.25) is 0 Å². The summed E-state index contributed by atoms with van der Waals surface area (Å²) in [5.41, 5.74) is 15.5. The maximum absolute atomic E-state index is 8.70. The molecule has 7 heterocycles. The van der Waals surface area contributed by atoms with E-state index in [-0.39, 0.29) is 27.8 Å². The molecular weight excluding hydrogens is 903 g/mol. The van der Waals surface area contributed by atoms with Gasteiger partial charge in [-0.05, 0) is 163 Å². The van der Waals surface area contributed by atoms with Gasteiger partial charge in [0.1, 0.15) is 5.82 Å². The minimum Gasteiger partial charge on any atom is -0.296 e. The van der Waals surface area contributed by atoms with E-state index in [0.29, 0.717) is 22.4 Å². The van der Waals surface area contributed by atoms with E-state index in [9.17, 15) is 0 Å². The van der Waals surface area contributed by atoms with E-state index in [0.717, 1.165) is 136 Å². The monoisotopic (exact) mass is 971 g/mol. The summed E-state index contributed by atoms with van der Waals surface area (Å²) >= 11 is 0. The van der Waals surface area contributed by atoms with Gasteiger partial charge >= 0.3 is 0 Å². The van der Waals surface area contributed by atoms with Gasteiger partial charge in [0.25, 0.3) is 0 Å². The second kappa shape index (κ2) is 18.7. The number of hydrogen-bond donors (Lipinski definition) is 0. The fourth-order valence-corrected chi connectivity index (χ4v) is 12.5. The van der Waals surface area contributed by atoms with Crippen LogP contribution in [0.1, 0.15) is 103 Å². The van der Waals surface area contributed by atoms with Crippen molar-refractivity contribution in [3.05, 3.63) is 222 Å². The van der Waals surface area contributed by atoms with E-state index in [1.807, 2.05) is 47.3 Å². The summed E-state index contributed by atoms with van der Waals surface area (Å²) in [6, 6.07) is 49.1. The summed E-state index contributed by atoms with van der Waals surface area (Å²) in [5, 5.41) is 1.65. The number of hydrogen-bond acceptors (Lipinski definition) is 6. The predicted molar refractivity (Wildman–Crippen MR) is 301 cm³/mol. The second-order valence-corrected chi connectivity index (χ2v) is 20.6. The Morgan fingerprint density at radius 3 is 1.59 bits per heavy atom. The lowest BCUT2D eigenvalue weighted by Crippen LogP contribution is -2.28. The highest BCUT2D eigenvalue weighted by atomic mass is 15.0. The zero-order valence-electron chi connectivity index (χ0n) is 50.0. The summed E-state index contributed by atoms with van der Waals surface area (Å²) in [6.45, 7) is -6.98. The topological polar surface area (TPSA) is 81.8 Å². The maximum atomic E-state index is 8.70. The average molecular weight is 971 g/mol. The summed E-state index contributed by atoms with van der Waals surface area (Å²) in [7, 11) is 0. The van der Waals surface area contributed by atoms with Gasteiger partial charge in [-0.2, -0.15) is 0 Å². The van der Waals surface area contributed by atoms with Crippen molar-refractivity contribution in [2.24, 2.45) is 0 Å². The molecule has 2 aliphatic carbocycles. The van der Waals surface area contributed by atoms with Gasteiger partial charge in [-0.25, -0.2) is 4.98 Å². The van der Waals surface area contributed by atoms with Crippen molar-refractivity contribution in [2.75, 3.05) is 0 Å². The molecule has 0 unspecified atom stereocenters. The number of benzene rings is 4. The fraction of sp³-hybridized carbons (Fsp3) is 0.224. The summed E-state index contributed by atoms with van der Waals surface area (Å²) < 4.78 is 74.9. The molecule has 0 N–H and O–H groups in total. The van der Waals surface area contributed by atoms with Crippen molar-refractivity contribution in [1.82, 2.24) is 34.3 Å². The lowest BCUT2D eigenvalue weighted by Gasteiger charge is -2.31. The Balaban J connectivity index is 0.929. The number of rotatable bonds is 11. The molecule has 0 spiro atoms. The smallest absolute Gasteiger partial charge is 0.110 e. The minimum absolute atomic E-state index is 0.0114. The molecule has 7 nitrogen and oxygen atoms in total. The highest BCUT2D eigenvalue weighted by Crippen LogP contribution is 2.47. The van der Waals surface area contributed by atoms with Crippen molar-refractivity contribution in [2.45, 2.75) is 95.6 Å². The Kier molecular flexibility index (Phi) is 9.28. The van der Waals surface area contributed by atoms with Gasteiger partial charge < -0.3 is 0 Å². The van der Waals surface area contributed by atoms with Crippen molar-refractivity contribution >= 4 is 27.3 Å². The van der Waals surface area contributed by atoms with Crippen LogP contribution >= 0.6 is 0 Å². The third-order valence-electron chi connectivity index (χ3n) is 16.1. The van der Waals surface area contributed by atoms with Crippen molar-refractivity contribution in [3.63, 3.8) is 0 Å². The van der Waals surface area contributed by atoms with Gasteiger partial charge in [0, 0.05) is 87.4 Å². The van der Waals surface area contributed by atoms with E-state index >= 15 is 0 Å². The molecule has 2 fully saturated rings. The molecule has 0 amide bonds. The normalized spacial score (nSPS) is 17.4. The average Bonchev–Trinajstić information content (AvgIpc) is 2.10. The van der Waals surface area contributed by atoms with E-state index in [4.69, 9.17) is 27.3 Å². The van der Waals surface area contributed by atoms with Crippen LogP contribution < -0.4 is 0 Å². The highest BCUT2D eigenvalue weighted by Gasteiger charge is 2.39. The van der Waals surface area contributed by atoms with Gasteiger partial charge in [0.15, 0.2) is 0 Å². The minimum atomic E-state index is -2.51. The zero-order valence-corrected chi connectivity index (χ0v) is 41.0. The van der Waals surface area contributed by atoms with E-state index in [1.54, 1.807) is 30.5 Å². The first-order chi connectivity index (χ1) is 39.9. The molecular formula is C67H59N7. The Bertz CT molecular complexity index is 4060. The van der Waals surface area contributed by atoms with Gasteiger partial charge in [-0.1, -0.05) is 123 Å². The van der Waals surface area contributed by atoms with E-state index in [1.165, 1.54) is 23.5 Å². The van der Waals surface area contributed by atoms with Crippen LogP contribution in [0, 0.1) is 20.6 Å². The number of aromatic nitrogens is 7. The molecule has 0 bridgehead atoms. The lowest BCUT2D eigenvalue weighted by molar-refractivity contribution is 0.419. The molecule has 0 aliphatic heterocycles. The number of nitrogens with zero attached hydrogens (tertiary/aromatic N) is 7. The first kappa shape index (κ1) is 36.7. The first-order valence-electron chi connectivity index (χ1n) is 30.3. The third-order valence-corrected chi connectivity index (χ3v) is 16.1. The standard InChI is InChI=1S/C67H59N7/c1-44-17-23-58(70-39-44)51-20-25-62(72-41-51)66(28-9-10-29-66)37-47-33-48(38-67(30-11-12-31-67)63-26-21-52(42-73-63)59-24-18-45(2)40-71-59)35-53(34-47)55-16-8-7-15-54(55)50-19-22-57-60(36-50)74-46(3)69-43-61(74)64-56(27-32-68-65(57)64)49-13-5-4-6-14-49/h4-8,13-27,32-36,39-43H,9-12,28-31,37-38H2,1-3H3/i1D3,2D3,3D3. The quantitative estimate of drug-likeness (QED) is 0.120. The summed E-state index contributed by atoms with van der Waals surface area (Å²) in [4.78, 5) is 29.0. The largest absolute Gasteiger partial charge is 0.296 e. The van der Waals surface area contributed by atoms with Crippen LogP contribution in [0.3, 0.4) is 0 Å². The predicted octanol–water partition coefficient (Wildman–Crippen LogP) is 16.0. The van der Waals surface area contributed by atoms with E-state index < -0.39 is 20.6 Å². The molecule has 7 aromatic heterocycles. The van der Waals surface area contributed by atoms with Crippen LogP contribution in [0.4, 0.5) is 0 Å². The van der Waals surface area contributed by atoms with Crippen LogP contribution in [0.5, 0.6) is 0 Å². The van der Waals surface area contributed by atoms with Crippen molar-refractivity contribution in [1.29, 1.82) is 0 Å². The molecule has 4 aromatic carbocycles. The number of aryl methyl sites for hydroxylation is 3. The zero-order chi connectivity index (χ0) is 57.3. The molecule has 0 atom stereocenters. The van der Waals surface area contributed by atoms with Crippen LogP contribution in [0.25, 0.3) is 83.2 Å². The number of imidazole rings is 1. The SMILES string of the molecule is [2H]C([2H])([2H])c1ccc(-c2ccc(C3(Cc4cc(CC5(c6ccc(-c7ccc(C([2H])([2H])[2H])cn7)cn6)CCCC5)cc(-c5ccccc5-c5ccc6c7nccc(-c8ccccc8)c7c7cnc(C([2H])([2H])[2H])n7c6c5)c4)CCCC3)nc2)nc1. The molecule has 74 heavy (non-hydrogen) atoms. The Morgan fingerprint density at radius 2 is 1.04 bits per heavy atom. The fourth-order valence-electron chi connectivity index (χ4n) is 12.5. The molecule has 2 aliphatic rings. The number of pyridine rings is 6. The van der Waals surface area contributed by atoms with Crippen LogP contribution in [-0.4, -0.2) is 34.3 Å². The van der Waals surface area contributed by atoms with Crippen LogP contribution in [0.15, 0.2) is 183 Å². The van der Waals surface area contributed by atoms with Gasteiger partial charge in [-0.15, -0.1) is 0 Å². The molecule has 11 aromatic rings. The first-order valence-corrected chi connectivity index (χ1v) is 25.8. The molecule has 0 radical (unpaired) electrons. The molecule has 2 saturated carbocycles. The molecule has 362 valence electrons. The van der Waals surface area contributed by atoms with Gasteiger partial charge in [0.05, 0.1) is 34.1 Å². The Hall–Kier alpha value is -8.16. The molecule has 0 saturated heterocycles. The van der Waals surface area contributed by atoms with Gasteiger partial charge in [0.2, 0.25) is 0 Å². The maximum Gasteiger partial charge on any atom is 0.110 e. The van der Waals surface area contributed by atoms with Crippen molar-refractivity contribution in [3.8, 4) is 55.9 Å². The number of fused-ring (bicyclic) bond motifs is 6. The lowest BCUT2D eigenvalue weighted by atomic mass is 9.74. The van der Waals surface area contributed by atoms with Crippen molar-refractivity contribution < 1.29 is 12.3 Å². The molecule has 7 heteroatoms. The van der Waals surface area contributed by atoms with E-state index in [2.05, 4.69) is 112 Å². The van der Waals surface area contributed by atoms with Gasteiger partial charge in [-0.3, -0.25) is 29.3 Å². The van der Waals surface area contributed by atoms with Crippen LogP contribution in [-0.2, 0) is 23.7 Å².